The quantitative estimate of drug-likeness (QED) is 0.279. The highest BCUT2D eigenvalue weighted by molar-refractivity contribution is 14.1. The van der Waals surface area contributed by atoms with Crippen molar-refractivity contribution in [1.29, 1.82) is 0 Å². The normalized spacial score (nSPS) is 14.6. The molecule has 1 fully saturated rings. The molecule has 0 saturated carbocycles. The van der Waals surface area contributed by atoms with Crippen molar-refractivity contribution in [2.75, 3.05) is 18.1 Å². The molecule has 2 aromatic rings. The fourth-order valence-corrected chi connectivity index (χ4v) is 6.97. The van der Waals surface area contributed by atoms with E-state index in [0.717, 1.165) is 12.7 Å². The van der Waals surface area contributed by atoms with Crippen LogP contribution in [0, 0.1) is 7.14 Å². The minimum atomic E-state index is -0.333. The summed E-state index contributed by atoms with van der Waals surface area (Å²) in [5, 5.41) is 13.7. The zero-order chi connectivity index (χ0) is 19.2. The average Bonchev–Trinajstić information content (AvgIpc) is 3.19. The number of hydrazone groups is 1. The monoisotopic (exact) mass is 626 g/mol. The largest absolute Gasteiger partial charge is 0.506 e. The smallest absolute Gasteiger partial charge is 0.277 e. The first-order valence-corrected chi connectivity index (χ1v) is 12.2. The van der Waals surface area contributed by atoms with Crippen molar-refractivity contribution < 1.29 is 14.6 Å². The summed E-state index contributed by atoms with van der Waals surface area (Å²) < 4.78 is 7.47. The number of aromatic hydroxyl groups is 1. The van der Waals surface area contributed by atoms with Crippen molar-refractivity contribution in [1.82, 2.24) is 5.43 Å². The molecule has 9 heteroatoms. The first-order chi connectivity index (χ1) is 13.0. The molecule has 142 valence electrons. The van der Waals surface area contributed by atoms with E-state index in [1.54, 1.807) is 12.1 Å². The minimum Gasteiger partial charge on any atom is -0.506 e. The van der Waals surface area contributed by atoms with Crippen LogP contribution in [0.5, 0.6) is 11.5 Å². The van der Waals surface area contributed by atoms with Gasteiger partial charge in [0.05, 0.1) is 17.9 Å². The van der Waals surface area contributed by atoms with Crippen LogP contribution in [-0.4, -0.2) is 35.3 Å². The van der Waals surface area contributed by atoms with E-state index in [0.29, 0.717) is 10.3 Å². The molecule has 0 aromatic heterocycles. The third-order valence-corrected chi connectivity index (χ3v) is 8.34. The lowest BCUT2D eigenvalue weighted by Crippen LogP contribution is -2.24. The van der Waals surface area contributed by atoms with Crippen molar-refractivity contribution in [3.8, 4) is 11.5 Å². The maximum Gasteiger partial charge on any atom is 0.277 e. The van der Waals surface area contributed by atoms with Crippen LogP contribution in [0.25, 0.3) is 0 Å². The van der Waals surface area contributed by atoms with E-state index in [-0.39, 0.29) is 18.3 Å². The number of nitrogens with one attached hydrogen (secondary N) is 1. The second kappa shape index (κ2) is 10.2. The Morgan fingerprint density at radius 3 is 2.48 bits per heavy atom. The van der Waals surface area contributed by atoms with Gasteiger partial charge in [-0.15, -0.1) is 23.5 Å². The number of benzene rings is 2. The second-order valence-corrected chi connectivity index (χ2v) is 10.6. The number of halogens is 2. The molecular formula is C18H16I2N2O3S2. The van der Waals surface area contributed by atoms with Crippen molar-refractivity contribution in [2.24, 2.45) is 5.10 Å². The Bertz CT molecular complexity index is 818. The molecule has 1 aliphatic rings. The first-order valence-electron chi connectivity index (χ1n) is 7.99. The maximum atomic E-state index is 11.9. The molecule has 0 atom stereocenters. The Balaban J connectivity index is 1.46. The minimum absolute atomic E-state index is 0.103. The predicted molar refractivity (Wildman–Crippen MR) is 129 cm³/mol. The Kier molecular flexibility index (Phi) is 7.97. The SMILES string of the molecule is O=C(COc1ccc(C2SCCS2)cc1)N/N=C\c1cc(I)c(O)c(I)c1. The van der Waals surface area contributed by atoms with E-state index >= 15 is 0 Å². The van der Waals surface area contributed by atoms with Gasteiger partial charge in [0, 0.05) is 11.5 Å². The molecule has 2 aromatic carbocycles. The van der Waals surface area contributed by atoms with Gasteiger partial charge in [-0.3, -0.25) is 4.79 Å². The number of nitrogens with zero attached hydrogens (tertiary/aromatic N) is 1. The molecule has 0 spiro atoms. The number of rotatable bonds is 6. The fourth-order valence-electron chi connectivity index (χ4n) is 2.29. The predicted octanol–water partition coefficient (Wildman–Crippen LogP) is 4.61. The van der Waals surface area contributed by atoms with Crippen molar-refractivity contribution >= 4 is 80.8 Å². The van der Waals surface area contributed by atoms with Gasteiger partial charge in [0.1, 0.15) is 11.5 Å². The van der Waals surface area contributed by atoms with E-state index in [4.69, 9.17) is 4.74 Å². The summed E-state index contributed by atoms with van der Waals surface area (Å²) in [6.07, 6.45) is 1.54. The van der Waals surface area contributed by atoms with Gasteiger partial charge in [-0.25, -0.2) is 5.43 Å². The van der Waals surface area contributed by atoms with E-state index in [2.05, 4.69) is 22.7 Å². The van der Waals surface area contributed by atoms with Gasteiger partial charge in [0.25, 0.3) is 5.91 Å². The zero-order valence-corrected chi connectivity index (χ0v) is 20.0. The molecule has 0 aliphatic carbocycles. The van der Waals surface area contributed by atoms with Crippen LogP contribution in [-0.2, 0) is 4.79 Å². The number of phenols is 1. The summed E-state index contributed by atoms with van der Waals surface area (Å²) >= 11 is 8.01. The number of ether oxygens (including phenoxy) is 1. The highest BCUT2D eigenvalue weighted by atomic mass is 127. The van der Waals surface area contributed by atoms with Crippen LogP contribution in [0.2, 0.25) is 0 Å². The Morgan fingerprint density at radius 2 is 1.85 bits per heavy atom. The number of amides is 1. The summed E-state index contributed by atoms with van der Waals surface area (Å²) in [5.74, 6) is 2.96. The summed E-state index contributed by atoms with van der Waals surface area (Å²) in [5.41, 5.74) is 4.51. The Hall–Kier alpha value is -0.660. The number of carbonyl (C=O) groups is 1. The van der Waals surface area contributed by atoms with Crippen molar-refractivity contribution in [3.63, 3.8) is 0 Å². The van der Waals surface area contributed by atoms with Crippen LogP contribution in [0.15, 0.2) is 41.5 Å². The van der Waals surface area contributed by atoms with Gasteiger partial charge >= 0.3 is 0 Å². The van der Waals surface area contributed by atoms with Crippen LogP contribution >= 0.6 is 68.7 Å². The molecule has 1 aliphatic heterocycles. The molecular weight excluding hydrogens is 610 g/mol. The van der Waals surface area contributed by atoms with Gasteiger partial charge in [-0.1, -0.05) is 12.1 Å². The lowest BCUT2D eigenvalue weighted by atomic mass is 10.2. The van der Waals surface area contributed by atoms with Crippen LogP contribution in [0.3, 0.4) is 0 Å². The van der Waals surface area contributed by atoms with Crippen molar-refractivity contribution in [2.45, 2.75) is 4.58 Å². The molecule has 1 amide bonds. The number of hydrogen-bond donors (Lipinski definition) is 2. The molecule has 2 N–H and O–H groups in total. The van der Waals surface area contributed by atoms with E-state index in [9.17, 15) is 9.90 Å². The van der Waals surface area contributed by atoms with E-state index in [1.165, 1.54) is 23.3 Å². The summed E-state index contributed by atoms with van der Waals surface area (Å²) in [7, 11) is 0. The van der Waals surface area contributed by atoms with Gasteiger partial charge in [0.15, 0.2) is 6.61 Å². The standard InChI is InChI=1S/C18H16I2N2O3S2/c19-14-7-11(8-15(20)17(14)24)9-21-22-16(23)10-25-13-3-1-12(2-4-13)18-26-5-6-27-18/h1-4,7-9,18,24H,5-6,10H2,(H,22,23)/b21-9-. The lowest BCUT2D eigenvalue weighted by Gasteiger charge is -2.10. The van der Waals surface area contributed by atoms with Crippen molar-refractivity contribution in [3.05, 3.63) is 54.7 Å². The zero-order valence-electron chi connectivity index (χ0n) is 14.0. The molecule has 1 saturated heterocycles. The Morgan fingerprint density at radius 1 is 1.22 bits per heavy atom. The molecule has 5 nitrogen and oxygen atoms in total. The summed E-state index contributed by atoms with van der Waals surface area (Å²) in [6.45, 7) is -0.103. The maximum absolute atomic E-state index is 11.9. The molecule has 27 heavy (non-hydrogen) atoms. The number of carbonyl (C=O) groups excluding carboxylic acids is 1. The number of thioether (sulfide) groups is 2. The molecule has 0 bridgehead atoms. The summed E-state index contributed by atoms with van der Waals surface area (Å²) in [4.78, 5) is 11.9. The van der Waals surface area contributed by atoms with Crippen LogP contribution in [0.4, 0.5) is 0 Å². The first kappa shape index (κ1) is 21.1. The topological polar surface area (TPSA) is 70.9 Å². The summed E-state index contributed by atoms with van der Waals surface area (Å²) in [6, 6.07) is 11.5. The molecule has 3 rings (SSSR count). The van der Waals surface area contributed by atoms with Gasteiger partial charge in [0.2, 0.25) is 0 Å². The van der Waals surface area contributed by atoms with E-state index < -0.39 is 0 Å². The van der Waals surface area contributed by atoms with Gasteiger partial charge < -0.3 is 9.84 Å². The van der Waals surface area contributed by atoms with Crippen LogP contribution < -0.4 is 10.2 Å². The highest BCUT2D eigenvalue weighted by Crippen LogP contribution is 2.45. The molecule has 0 unspecified atom stereocenters. The third kappa shape index (κ3) is 6.16. The van der Waals surface area contributed by atoms with E-state index in [1.807, 2.05) is 80.8 Å². The third-order valence-electron chi connectivity index (χ3n) is 3.59. The second-order valence-electron chi connectivity index (χ2n) is 5.56. The number of phenolic OH excluding ortho intramolecular Hbond substituents is 1. The molecule has 0 radical (unpaired) electrons. The van der Waals surface area contributed by atoms with Gasteiger partial charge in [-0.2, -0.15) is 5.10 Å². The fraction of sp³-hybridized carbons (Fsp3) is 0.222. The Labute approximate surface area is 193 Å². The number of hydrogen-bond acceptors (Lipinski definition) is 6. The average molecular weight is 626 g/mol. The molecule has 1 heterocycles. The highest BCUT2D eigenvalue weighted by Gasteiger charge is 2.17. The van der Waals surface area contributed by atoms with Gasteiger partial charge in [-0.05, 0) is 80.6 Å². The van der Waals surface area contributed by atoms with Crippen LogP contribution in [0.1, 0.15) is 15.7 Å². The lowest BCUT2D eigenvalue weighted by molar-refractivity contribution is -0.123.